The zero-order valence-corrected chi connectivity index (χ0v) is 28.6. The monoisotopic (exact) mass is 622 g/mol. The van der Waals surface area contributed by atoms with Crippen molar-refractivity contribution in [1.29, 1.82) is 0 Å². The highest BCUT2D eigenvalue weighted by Gasteiger charge is 2.51. The fourth-order valence-electron chi connectivity index (χ4n) is 6.54. The van der Waals surface area contributed by atoms with Crippen LogP contribution in [0.4, 0.5) is 0 Å². The average molecular weight is 623 g/mol. The minimum atomic E-state index is -1.80. The fourth-order valence-corrected chi connectivity index (χ4v) is 6.54. The lowest BCUT2D eigenvalue weighted by molar-refractivity contribution is -0.328. The molecule has 0 bridgehead atoms. The summed E-state index contributed by atoms with van der Waals surface area (Å²) >= 11 is 0. The van der Waals surface area contributed by atoms with E-state index in [1.54, 1.807) is 26.0 Å². The molecule has 1 saturated heterocycles. The van der Waals surface area contributed by atoms with E-state index in [2.05, 4.69) is 0 Å². The van der Waals surface area contributed by atoms with Crippen molar-refractivity contribution in [2.75, 3.05) is 14.2 Å². The van der Waals surface area contributed by atoms with E-state index < -0.39 is 60.2 Å². The van der Waals surface area contributed by atoms with Gasteiger partial charge in [0, 0.05) is 37.2 Å². The molecule has 2 heterocycles. The Labute approximate surface area is 264 Å². The number of cyclic esters (lactones) is 1. The summed E-state index contributed by atoms with van der Waals surface area (Å²) in [5, 5.41) is 45.0. The third-order valence-electron chi connectivity index (χ3n) is 9.50. The highest BCUT2D eigenvalue weighted by molar-refractivity contribution is 5.87. The second kappa shape index (κ2) is 16.5. The van der Waals surface area contributed by atoms with Crippen molar-refractivity contribution < 1.29 is 44.2 Å². The van der Waals surface area contributed by atoms with E-state index in [0.29, 0.717) is 6.42 Å². The maximum Gasteiger partial charge on any atom is 0.373 e. The van der Waals surface area contributed by atoms with Crippen LogP contribution in [0.25, 0.3) is 0 Å². The molecule has 9 heteroatoms. The maximum atomic E-state index is 13.5. The normalized spacial score (nSPS) is 40.5. The smallest absolute Gasteiger partial charge is 0.373 e. The number of rotatable bonds is 7. The third-order valence-corrected chi connectivity index (χ3v) is 9.50. The summed E-state index contributed by atoms with van der Waals surface area (Å²) in [5.41, 5.74) is 1.78. The van der Waals surface area contributed by atoms with E-state index in [1.165, 1.54) is 14.2 Å². The summed E-state index contributed by atoms with van der Waals surface area (Å²) in [6.07, 6.45) is 4.85. The second-order valence-electron chi connectivity index (χ2n) is 13.6. The lowest BCUT2D eigenvalue weighted by Crippen LogP contribution is -2.59. The van der Waals surface area contributed by atoms with Crippen LogP contribution in [0.15, 0.2) is 47.3 Å². The number of aliphatic hydroxyl groups excluding tert-OH is 3. The minimum Gasteiger partial charge on any atom is -0.490 e. The largest absolute Gasteiger partial charge is 0.490 e. The van der Waals surface area contributed by atoms with Gasteiger partial charge in [0.2, 0.25) is 5.76 Å². The van der Waals surface area contributed by atoms with E-state index in [4.69, 9.17) is 18.9 Å². The third kappa shape index (κ3) is 9.50. The Morgan fingerprint density at radius 3 is 2.25 bits per heavy atom. The van der Waals surface area contributed by atoms with Gasteiger partial charge in [-0.3, -0.25) is 0 Å². The highest BCUT2D eigenvalue weighted by atomic mass is 16.6. The average Bonchev–Trinajstić information content (AvgIpc) is 2.96. The van der Waals surface area contributed by atoms with Crippen molar-refractivity contribution in [1.82, 2.24) is 0 Å². The number of aliphatic hydroxyl groups is 4. The van der Waals surface area contributed by atoms with Crippen molar-refractivity contribution in [2.45, 2.75) is 118 Å². The summed E-state index contributed by atoms with van der Waals surface area (Å²) in [4.78, 5) is 13.5. The molecule has 0 aromatic rings. The molecular formula is C35H58O9. The van der Waals surface area contributed by atoms with Crippen LogP contribution >= 0.6 is 0 Å². The molecule has 0 amide bonds. The van der Waals surface area contributed by atoms with Gasteiger partial charge in [0.15, 0.2) is 5.79 Å². The molecule has 1 unspecified atom stereocenters. The summed E-state index contributed by atoms with van der Waals surface area (Å²) in [6, 6.07) is 0. The Morgan fingerprint density at radius 1 is 1.05 bits per heavy atom. The number of allylic oxidation sites excluding steroid dienone is 5. The molecule has 12 atom stereocenters. The predicted octanol–water partition coefficient (Wildman–Crippen LogP) is 4.69. The fraction of sp³-hybridized carbons (Fsp3) is 0.743. The molecule has 2 aliphatic heterocycles. The standard InChI is InChI=1S/C35H58O9/c1-19(2)32-24(7)27(36)18-35(40,44-32)26(9)31(38)25(8)33-28(41-10)14-12-13-20(3)15-22(5)30(37)23(6)16-21(4)17-29(42-11)34(39)43-33/h12-14,16-17,19,22-28,30-33,36-38,40H,15,18H2,1-11H3/b14-12?,20-13-,21-16+,29-17+/t22-,23+,24-,25-,26-,27+,28?,30-,31+,32+,33+,35+/m0/s1. The minimum absolute atomic E-state index is 0.00492. The van der Waals surface area contributed by atoms with Gasteiger partial charge in [-0.1, -0.05) is 83.9 Å². The van der Waals surface area contributed by atoms with Gasteiger partial charge >= 0.3 is 5.97 Å². The van der Waals surface area contributed by atoms with Crippen LogP contribution in [-0.4, -0.2) is 83.0 Å². The van der Waals surface area contributed by atoms with Crippen LogP contribution in [0.1, 0.15) is 75.2 Å². The summed E-state index contributed by atoms with van der Waals surface area (Å²) in [5.74, 6) is -4.49. The van der Waals surface area contributed by atoms with Gasteiger partial charge in [0.25, 0.3) is 0 Å². The van der Waals surface area contributed by atoms with Crippen molar-refractivity contribution in [3.05, 3.63) is 47.3 Å². The quantitative estimate of drug-likeness (QED) is 0.298. The van der Waals surface area contributed by atoms with E-state index in [9.17, 15) is 25.2 Å². The van der Waals surface area contributed by atoms with Crippen molar-refractivity contribution in [3.63, 3.8) is 0 Å². The first-order chi connectivity index (χ1) is 20.5. The Morgan fingerprint density at radius 2 is 1.68 bits per heavy atom. The molecule has 2 aliphatic rings. The van der Waals surface area contributed by atoms with Crippen molar-refractivity contribution in [2.24, 2.45) is 35.5 Å². The van der Waals surface area contributed by atoms with Crippen LogP contribution in [0.5, 0.6) is 0 Å². The number of carbonyl (C=O) groups is 1. The maximum absolute atomic E-state index is 13.5. The summed E-state index contributed by atoms with van der Waals surface area (Å²) in [7, 11) is 2.87. The van der Waals surface area contributed by atoms with E-state index in [-0.39, 0.29) is 35.9 Å². The molecule has 4 N–H and O–H groups in total. The van der Waals surface area contributed by atoms with E-state index >= 15 is 0 Å². The first kappa shape index (κ1) is 38.2. The number of esters is 1. The first-order valence-electron chi connectivity index (χ1n) is 15.9. The first-order valence-corrected chi connectivity index (χ1v) is 15.9. The number of methoxy groups -OCH3 is 2. The molecule has 1 fully saturated rings. The molecular weight excluding hydrogens is 564 g/mol. The van der Waals surface area contributed by atoms with Gasteiger partial charge in [-0.2, -0.15) is 0 Å². The lowest BCUT2D eigenvalue weighted by Gasteiger charge is -2.49. The van der Waals surface area contributed by atoms with Gasteiger partial charge in [-0.05, 0) is 38.2 Å². The van der Waals surface area contributed by atoms with Gasteiger partial charge in [-0.25, -0.2) is 4.79 Å². The van der Waals surface area contributed by atoms with Gasteiger partial charge in [0.1, 0.15) is 12.2 Å². The predicted molar refractivity (Wildman–Crippen MR) is 170 cm³/mol. The molecule has 0 spiro atoms. The van der Waals surface area contributed by atoms with Crippen molar-refractivity contribution in [3.8, 4) is 0 Å². The Balaban J connectivity index is 2.52. The van der Waals surface area contributed by atoms with Crippen LogP contribution in [0, 0.1) is 35.5 Å². The van der Waals surface area contributed by atoms with Gasteiger partial charge in [0.05, 0.1) is 31.5 Å². The van der Waals surface area contributed by atoms with Crippen LogP contribution in [0.2, 0.25) is 0 Å². The molecule has 0 aromatic carbocycles. The Kier molecular flexibility index (Phi) is 14.3. The number of hydrogen-bond acceptors (Lipinski definition) is 9. The Bertz CT molecular complexity index is 1060. The van der Waals surface area contributed by atoms with E-state index in [0.717, 1.165) is 11.1 Å². The summed E-state index contributed by atoms with van der Waals surface area (Å²) in [6.45, 7) is 17.0. The van der Waals surface area contributed by atoms with Crippen LogP contribution in [-0.2, 0) is 23.7 Å². The van der Waals surface area contributed by atoms with Crippen LogP contribution < -0.4 is 0 Å². The van der Waals surface area contributed by atoms with Gasteiger partial charge in [-0.15, -0.1) is 0 Å². The molecule has 0 saturated carbocycles. The molecule has 44 heavy (non-hydrogen) atoms. The Hall–Kier alpha value is -2.01. The molecule has 9 nitrogen and oxygen atoms in total. The van der Waals surface area contributed by atoms with Crippen molar-refractivity contribution >= 4 is 5.97 Å². The molecule has 252 valence electrons. The molecule has 0 radical (unpaired) electrons. The highest BCUT2D eigenvalue weighted by Crippen LogP contribution is 2.41. The zero-order chi connectivity index (χ0) is 33.5. The van der Waals surface area contributed by atoms with Gasteiger partial charge < -0.3 is 39.4 Å². The molecule has 2 rings (SSSR count). The topological polar surface area (TPSA) is 135 Å². The van der Waals surface area contributed by atoms with E-state index in [1.807, 2.05) is 66.7 Å². The molecule has 0 aliphatic carbocycles. The second-order valence-corrected chi connectivity index (χ2v) is 13.6. The zero-order valence-electron chi connectivity index (χ0n) is 28.6. The van der Waals surface area contributed by atoms with Crippen LogP contribution in [0.3, 0.4) is 0 Å². The molecule has 0 aromatic heterocycles. The number of hydrogen-bond donors (Lipinski definition) is 4. The number of ether oxygens (including phenoxy) is 4. The summed E-state index contributed by atoms with van der Waals surface area (Å²) < 4.78 is 23.4. The SMILES string of the molecule is CO/C1=C/C(C)=C/[C@@H](C)[C@@H](O)[C@@H](C)C/C(C)=C\C=CC(OC)[C@@H]([C@@H](C)[C@@H](O)[C@H](C)[C@@]2(O)C[C@@H](O)[C@H](C)[C@@H](C(C)C)O2)OC1=O. The number of carbonyl (C=O) groups excluding carboxylic acids is 1. The lowest BCUT2D eigenvalue weighted by atomic mass is 9.76.